The van der Waals surface area contributed by atoms with Crippen molar-refractivity contribution in [3.8, 4) is 0 Å². The van der Waals surface area contributed by atoms with E-state index in [2.05, 4.69) is 20.3 Å². The van der Waals surface area contributed by atoms with Crippen molar-refractivity contribution < 1.29 is 9.84 Å². The molecule has 0 spiro atoms. The third-order valence-electron chi connectivity index (χ3n) is 3.77. The summed E-state index contributed by atoms with van der Waals surface area (Å²) in [6.45, 7) is 1.70. The van der Waals surface area contributed by atoms with Gasteiger partial charge in [0, 0.05) is 42.3 Å². The molecule has 2 aromatic rings. The second-order valence-electron chi connectivity index (χ2n) is 5.33. The molecule has 3 rings (SSSR count). The molecular weight excluding hydrogens is 310 g/mol. The van der Waals surface area contributed by atoms with Crippen LogP contribution in [0.4, 0.5) is 23.1 Å². The van der Waals surface area contributed by atoms with Gasteiger partial charge in [-0.25, -0.2) is 15.0 Å². The molecule has 5 N–H and O–H groups in total. The zero-order chi connectivity index (χ0) is 16.9. The monoisotopic (exact) mass is 329 g/mol. The van der Waals surface area contributed by atoms with E-state index in [-0.39, 0.29) is 12.6 Å². The number of ether oxygens (including phenoxy) is 1. The Balaban J connectivity index is 1.80. The van der Waals surface area contributed by atoms with E-state index in [1.807, 2.05) is 4.90 Å². The normalized spacial score (nSPS) is 17.5. The van der Waals surface area contributed by atoms with Gasteiger partial charge in [0.1, 0.15) is 23.8 Å². The SMILES string of the molecule is N=Cc1cnc(Nc2cc(N3CCOC[C@H]3CO)ncn2)cc1N. The fourth-order valence-corrected chi connectivity index (χ4v) is 2.48. The minimum absolute atomic E-state index is 0.00403. The minimum atomic E-state index is -0.123. The molecule has 2 aromatic heterocycles. The van der Waals surface area contributed by atoms with Gasteiger partial charge < -0.3 is 31.2 Å². The van der Waals surface area contributed by atoms with Crippen molar-refractivity contribution in [2.75, 3.05) is 42.3 Å². The number of pyridine rings is 1. The van der Waals surface area contributed by atoms with Gasteiger partial charge in [0.15, 0.2) is 0 Å². The smallest absolute Gasteiger partial charge is 0.137 e. The van der Waals surface area contributed by atoms with E-state index in [4.69, 9.17) is 15.9 Å². The molecule has 1 atom stereocenters. The lowest BCUT2D eigenvalue weighted by Gasteiger charge is -2.35. The van der Waals surface area contributed by atoms with E-state index in [0.717, 1.165) is 6.21 Å². The van der Waals surface area contributed by atoms with Crippen molar-refractivity contribution in [2.24, 2.45) is 0 Å². The summed E-state index contributed by atoms with van der Waals surface area (Å²) in [5.41, 5.74) is 6.88. The second-order valence-corrected chi connectivity index (χ2v) is 5.33. The summed E-state index contributed by atoms with van der Waals surface area (Å²) in [7, 11) is 0. The lowest BCUT2D eigenvalue weighted by atomic mass is 10.2. The summed E-state index contributed by atoms with van der Waals surface area (Å²) in [5, 5.41) is 19.8. The van der Waals surface area contributed by atoms with Crippen molar-refractivity contribution in [3.05, 3.63) is 30.2 Å². The van der Waals surface area contributed by atoms with Gasteiger partial charge in [-0.1, -0.05) is 0 Å². The molecule has 24 heavy (non-hydrogen) atoms. The molecule has 9 nitrogen and oxygen atoms in total. The predicted molar refractivity (Wildman–Crippen MR) is 90.9 cm³/mol. The Morgan fingerprint density at radius 2 is 2.21 bits per heavy atom. The Morgan fingerprint density at radius 1 is 1.38 bits per heavy atom. The van der Waals surface area contributed by atoms with Gasteiger partial charge >= 0.3 is 0 Å². The fourth-order valence-electron chi connectivity index (χ4n) is 2.48. The number of hydrogen-bond acceptors (Lipinski definition) is 9. The van der Waals surface area contributed by atoms with Gasteiger partial charge in [-0.15, -0.1) is 0 Å². The van der Waals surface area contributed by atoms with Crippen molar-refractivity contribution in [1.82, 2.24) is 15.0 Å². The topological polar surface area (TPSA) is 133 Å². The highest BCUT2D eigenvalue weighted by Crippen LogP contribution is 2.22. The van der Waals surface area contributed by atoms with Crippen LogP contribution in [0.1, 0.15) is 5.56 Å². The summed E-state index contributed by atoms with van der Waals surface area (Å²) in [4.78, 5) is 14.7. The molecule has 3 heterocycles. The zero-order valence-corrected chi connectivity index (χ0v) is 13.0. The number of morpholine rings is 1. The molecule has 1 aliphatic rings. The number of nitrogens with zero attached hydrogens (tertiary/aromatic N) is 4. The van der Waals surface area contributed by atoms with Crippen LogP contribution in [0.3, 0.4) is 0 Å². The van der Waals surface area contributed by atoms with Crippen LogP contribution in [0.2, 0.25) is 0 Å². The highest BCUT2D eigenvalue weighted by atomic mass is 16.5. The molecular formula is C15H19N7O2. The summed E-state index contributed by atoms with van der Waals surface area (Å²) >= 11 is 0. The standard InChI is InChI=1S/C15H19N7O2/c16-5-10-6-18-13(3-12(10)17)21-14-4-15(20-9-19-14)22-1-2-24-8-11(22)7-23/h3-6,9,11,16,23H,1-2,7-8H2,(H3,17,18,19,20,21)/t11-/m1/s1. The van der Waals surface area contributed by atoms with Crippen LogP contribution in [0.5, 0.6) is 0 Å². The third kappa shape index (κ3) is 3.42. The fraction of sp³-hybridized carbons (Fsp3) is 0.333. The van der Waals surface area contributed by atoms with Gasteiger partial charge in [0.2, 0.25) is 0 Å². The van der Waals surface area contributed by atoms with Gasteiger partial charge in [0.25, 0.3) is 0 Å². The summed E-state index contributed by atoms with van der Waals surface area (Å²) < 4.78 is 5.38. The molecule has 0 bridgehead atoms. The second kappa shape index (κ2) is 7.20. The predicted octanol–water partition coefficient (Wildman–Crippen LogP) is 0.393. The van der Waals surface area contributed by atoms with Crippen LogP contribution < -0.4 is 16.0 Å². The Labute approximate surface area is 139 Å². The number of aliphatic hydroxyl groups is 1. The zero-order valence-electron chi connectivity index (χ0n) is 13.0. The average molecular weight is 329 g/mol. The first-order valence-corrected chi connectivity index (χ1v) is 7.51. The summed E-state index contributed by atoms with van der Waals surface area (Å²) in [6.07, 6.45) is 4.13. The largest absolute Gasteiger partial charge is 0.398 e. The maximum Gasteiger partial charge on any atom is 0.137 e. The molecule has 0 aromatic carbocycles. The number of hydrogen-bond donors (Lipinski definition) is 4. The van der Waals surface area contributed by atoms with E-state index in [9.17, 15) is 5.11 Å². The Morgan fingerprint density at radius 3 is 2.96 bits per heavy atom. The molecule has 9 heteroatoms. The molecule has 0 saturated carbocycles. The highest BCUT2D eigenvalue weighted by molar-refractivity contribution is 5.85. The first-order chi connectivity index (χ1) is 11.7. The van der Waals surface area contributed by atoms with Crippen LogP contribution in [0, 0.1) is 5.41 Å². The van der Waals surface area contributed by atoms with Gasteiger partial charge in [-0.3, -0.25) is 0 Å². The number of aliphatic hydroxyl groups excluding tert-OH is 1. The van der Waals surface area contributed by atoms with E-state index < -0.39 is 0 Å². The van der Waals surface area contributed by atoms with Crippen LogP contribution >= 0.6 is 0 Å². The van der Waals surface area contributed by atoms with E-state index in [1.54, 1.807) is 12.1 Å². The lowest BCUT2D eigenvalue weighted by molar-refractivity contribution is 0.0723. The van der Waals surface area contributed by atoms with Crippen LogP contribution in [0.15, 0.2) is 24.7 Å². The summed E-state index contributed by atoms with van der Waals surface area (Å²) in [5.74, 6) is 1.81. The number of nitrogens with one attached hydrogen (secondary N) is 2. The maximum atomic E-state index is 9.48. The van der Waals surface area contributed by atoms with Crippen LogP contribution in [-0.4, -0.2) is 58.7 Å². The van der Waals surface area contributed by atoms with Crippen molar-refractivity contribution in [3.63, 3.8) is 0 Å². The average Bonchev–Trinajstić information content (AvgIpc) is 2.62. The number of anilines is 4. The number of nitrogens with two attached hydrogens (primary N) is 1. The molecule has 0 unspecified atom stereocenters. The van der Waals surface area contributed by atoms with Gasteiger partial charge in [0.05, 0.1) is 25.9 Å². The molecule has 0 aliphatic carbocycles. The Hall–Kier alpha value is -2.78. The van der Waals surface area contributed by atoms with E-state index >= 15 is 0 Å². The molecule has 0 amide bonds. The van der Waals surface area contributed by atoms with Crippen molar-refractivity contribution in [1.29, 1.82) is 5.41 Å². The third-order valence-corrected chi connectivity index (χ3v) is 3.77. The highest BCUT2D eigenvalue weighted by Gasteiger charge is 2.23. The Bertz CT molecular complexity index is 725. The van der Waals surface area contributed by atoms with Crippen LogP contribution in [-0.2, 0) is 4.74 Å². The van der Waals surface area contributed by atoms with E-state index in [1.165, 1.54) is 12.5 Å². The van der Waals surface area contributed by atoms with Crippen LogP contribution in [0.25, 0.3) is 0 Å². The first kappa shape index (κ1) is 16.1. The van der Waals surface area contributed by atoms with Crippen molar-refractivity contribution >= 4 is 29.4 Å². The van der Waals surface area contributed by atoms with Gasteiger partial charge in [-0.2, -0.15) is 0 Å². The molecule has 1 fully saturated rings. The quantitative estimate of drug-likeness (QED) is 0.579. The molecule has 126 valence electrons. The minimum Gasteiger partial charge on any atom is -0.398 e. The number of rotatable bonds is 5. The van der Waals surface area contributed by atoms with E-state index in [0.29, 0.717) is 48.5 Å². The lowest BCUT2D eigenvalue weighted by Crippen LogP contribution is -2.48. The van der Waals surface area contributed by atoms with Crippen molar-refractivity contribution in [2.45, 2.75) is 6.04 Å². The molecule has 1 saturated heterocycles. The Kier molecular flexibility index (Phi) is 4.82. The molecule has 1 aliphatic heterocycles. The number of aromatic nitrogens is 3. The number of nitrogen functional groups attached to an aromatic ring is 1. The maximum absolute atomic E-state index is 9.48. The molecule has 0 radical (unpaired) electrons. The summed E-state index contributed by atoms with van der Waals surface area (Å²) in [6, 6.07) is 3.31. The van der Waals surface area contributed by atoms with Gasteiger partial charge in [-0.05, 0) is 0 Å². The first-order valence-electron chi connectivity index (χ1n) is 7.51.